The van der Waals surface area contributed by atoms with Crippen LogP contribution in [0.1, 0.15) is 80.4 Å². The molecule has 59 heavy (non-hydrogen) atoms. The highest BCUT2D eigenvalue weighted by atomic mass is 35.5. The Labute approximate surface area is 354 Å². The van der Waals surface area contributed by atoms with Crippen molar-refractivity contribution in [2.24, 2.45) is 17.8 Å². The Kier molecular flexibility index (Phi) is 14.3. The van der Waals surface area contributed by atoms with Crippen LogP contribution in [-0.2, 0) is 38.1 Å². The van der Waals surface area contributed by atoms with E-state index in [-0.39, 0.29) is 31.0 Å². The first-order valence-electron chi connectivity index (χ1n) is 19.7. The second-order valence-corrected chi connectivity index (χ2v) is 17.5. The molecule has 1 aromatic carbocycles. The maximum Gasteiger partial charge on any atom is 0.408 e. The average Bonchev–Trinajstić information content (AvgIpc) is 3.78. The molecule has 0 spiro atoms. The maximum atomic E-state index is 16.9. The smallest absolute Gasteiger partial charge is 0.408 e. The Morgan fingerprint density at radius 2 is 1.75 bits per heavy atom. The molecule has 324 valence electrons. The van der Waals surface area contributed by atoms with Gasteiger partial charge in [0.15, 0.2) is 17.7 Å². The summed E-state index contributed by atoms with van der Waals surface area (Å²) in [6.07, 6.45) is -6.10. The van der Waals surface area contributed by atoms with E-state index in [0.717, 1.165) is 6.92 Å². The number of ether oxygens (including phenoxy) is 5. The summed E-state index contributed by atoms with van der Waals surface area (Å²) in [6, 6.07) is 5.16. The zero-order chi connectivity index (χ0) is 43.8. The van der Waals surface area contributed by atoms with Crippen molar-refractivity contribution < 1.29 is 56.9 Å². The predicted molar refractivity (Wildman–Crippen MR) is 214 cm³/mol. The number of nitrogens with one attached hydrogen (secondary N) is 1. The standard InChI is InChI=1S/C42H54Cl2FN3O11/c1-11-31-42(8)34(46-39(53)58-42)23(4)32(49)21(2)20-40(6,54-16-12-13-26-19-29(47-59-26)25-14-15-27(43)28(44)18-25)36(24(5)35(51)41(7,45)38(52)56-31)57-37-33(50)30(48(9)10)17-22(3)55-37/h14-15,18-19,21-24,30-31,33-34,36-37,50H,11,16-17,20H2,1-10H3,(H,46,53)/t21-,22-,23+,24+,30+,31-,33-,34-,36-,37+,40+,41+,42-/m1/s1. The van der Waals surface area contributed by atoms with Crippen LogP contribution in [0.15, 0.2) is 28.8 Å². The number of fused-ring (bicyclic) bond motifs is 1. The number of cyclic esters (lactones) is 1. The number of aliphatic hydroxyl groups excluding tert-OH is 1. The number of amides is 1. The van der Waals surface area contributed by atoms with Crippen molar-refractivity contribution >= 4 is 46.8 Å². The number of nitrogens with zero attached hydrogens (tertiary/aromatic N) is 2. The molecule has 3 aliphatic heterocycles. The number of Topliss-reactive ketones (excluding diaryl/α,β-unsaturated/α-hetero) is 2. The first-order chi connectivity index (χ1) is 27.5. The minimum atomic E-state index is -3.24. The van der Waals surface area contributed by atoms with Gasteiger partial charge >= 0.3 is 12.1 Å². The van der Waals surface area contributed by atoms with Crippen molar-refractivity contribution in [1.82, 2.24) is 15.4 Å². The summed E-state index contributed by atoms with van der Waals surface area (Å²) < 4.78 is 52.8. The normalized spacial score (nSPS) is 37.1. The second kappa shape index (κ2) is 18.2. The van der Waals surface area contributed by atoms with Gasteiger partial charge in [0.25, 0.3) is 5.67 Å². The van der Waals surface area contributed by atoms with E-state index in [4.69, 9.17) is 51.4 Å². The molecular weight excluding hydrogens is 812 g/mol. The fourth-order valence-corrected chi connectivity index (χ4v) is 8.88. The SMILES string of the molecule is CC[C@H]1OC(=O)[C@@](C)(F)C(=O)[C@H](C)[C@@H](O[C@@H]2O[C@H](C)C[C@H](N(C)C)[C@H]2O)[C@@](C)(OCC#Cc2cc(-c3ccc(Cl)c(Cl)c3)no2)C[C@@H](C)C(=O)[C@H](C)[C@H]2NC(=O)O[C@@]21C. The lowest BCUT2D eigenvalue weighted by molar-refractivity contribution is -0.296. The van der Waals surface area contributed by atoms with Gasteiger partial charge in [0.05, 0.1) is 33.9 Å². The van der Waals surface area contributed by atoms with E-state index in [0.29, 0.717) is 27.7 Å². The van der Waals surface area contributed by atoms with Crippen molar-refractivity contribution in [2.45, 2.75) is 134 Å². The largest absolute Gasteiger partial charge is 0.455 e. The summed E-state index contributed by atoms with van der Waals surface area (Å²) in [7, 11) is 3.59. The molecule has 2 N–H and O–H groups in total. The van der Waals surface area contributed by atoms with Gasteiger partial charge in [-0.2, -0.15) is 0 Å². The fourth-order valence-electron chi connectivity index (χ4n) is 8.58. The topological polar surface area (TPSA) is 176 Å². The number of esters is 1. The van der Waals surface area contributed by atoms with Crippen LogP contribution in [0.4, 0.5) is 9.18 Å². The maximum absolute atomic E-state index is 16.9. The molecule has 2 aromatic rings. The highest BCUT2D eigenvalue weighted by molar-refractivity contribution is 6.42. The van der Waals surface area contributed by atoms with Gasteiger partial charge in [0.1, 0.15) is 30.3 Å². The number of benzene rings is 1. The van der Waals surface area contributed by atoms with Gasteiger partial charge in [-0.05, 0) is 79.1 Å². The summed E-state index contributed by atoms with van der Waals surface area (Å²) in [5, 5.41) is 19.0. The molecule has 3 saturated heterocycles. The number of halogens is 3. The number of hydrogen-bond acceptors (Lipinski definition) is 13. The molecule has 5 rings (SSSR count). The Balaban J connectivity index is 1.57. The third-order valence-electron chi connectivity index (χ3n) is 11.9. The van der Waals surface area contributed by atoms with Crippen molar-refractivity contribution in [2.75, 3.05) is 20.7 Å². The third kappa shape index (κ3) is 9.64. The Morgan fingerprint density at radius 3 is 2.39 bits per heavy atom. The van der Waals surface area contributed by atoms with Crippen molar-refractivity contribution in [3.8, 4) is 23.1 Å². The number of alkyl halides is 1. The number of aromatic nitrogens is 1. The van der Waals surface area contributed by atoms with E-state index in [1.54, 1.807) is 66.1 Å². The lowest BCUT2D eigenvalue weighted by Crippen LogP contribution is -2.61. The predicted octanol–water partition coefficient (Wildman–Crippen LogP) is 5.95. The highest BCUT2D eigenvalue weighted by Gasteiger charge is 2.59. The fraction of sp³-hybridized carbons (Fsp3) is 0.643. The number of alkyl carbamates (subject to hydrolysis) is 1. The van der Waals surface area contributed by atoms with Crippen molar-refractivity contribution in [3.05, 3.63) is 40.1 Å². The molecule has 17 heteroatoms. The number of aliphatic hydroxyl groups is 1. The summed E-state index contributed by atoms with van der Waals surface area (Å²) in [4.78, 5) is 57.1. The molecule has 1 amide bonds. The quantitative estimate of drug-likeness (QED) is 0.190. The van der Waals surface area contributed by atoms with E-state index >= 15 is 4.39 Å². The molecule has 0 radical (unpaired) electrons. The van der Waals surface area contributed by atoms with Crippen molar-refractivity contribution in [3.63, 3.8) is 0 Å². The summed E-state index contributed by atoms with van der Waals surface area (Å²) in [6.45, 7) is 11.7. The Hall–Kier alpha value is -3.62. The average molecular weight is 867 g/mol. The molecule has 0 unspecified atom stereocenters. The molecule has 13 atom stereocenters. The molecule has 0 saturated carbocycles. The van der Waals surface area contributed by atoms with Crippen LogP contribution in [0.3, 0.4) is 0 Å². The van der Waals surface area contributed by atoms with E-state index in [1.165, 1.54) is 13.8 Å². The molecule has 4 heterocycles. The zero-order valence-electron chi connectivity index (χ0n) is 35.0. The number of likely N-dealkylation sites (N-methyl/N-ethyl adjacent to an activating group) is 1. The highest BCUT2D eigenvalue weighted by Crippen LogP contribution is 2.41. The summed E-state index contributed by atoms with van der Waals surface area (Å²) in [5.74, 6) is -0.331. The molecular formula is C42H54Cl2FN3O11. The Bertz CT molecular complexity index is 1970. The van der Waals surface area contributed by atoms with Crippen LogP contribution in [0.5, 0.6) is 0 Å². The number of ketones is 2. The minimum Gasteiger partial charge on any atom is -0.455 e. The number of carbonyl (C=O) groups excluding carboxylic acids is 4. The van der Waals surface area contributed by atoms with E-state index in [1.807, 2.05) is 11.8 Å². The van der Waals surface area contributed by atoms with Crippen LogP contribution in [0.25, 0.3) is 11.3 Å². The van der Waals surface area contributed by atoms with Crippen LogP contribution >= 0.6 is 23.2 Å². The lowest BCUT2D eigenvalue weighted by atomic mass is 9.73. The monoisotopic (exact) mass is 865 g/mol. The van der Waals surface area contributed by atoms with Gasteiger partial charge < -0.3 is 43.5 Å². The summed E-state index contributed by atoms with van der Waals surface area (Å²) >= 11 is 12.2. The zero-order valence-corrected chi connectivity index (χ0v) is 36.5. The molecule has 0 aliphatic carbocycles. The Morgan fingerprint density at radius 1 is 1.05 bits per heavy atom. The van der Waals surface area contributed by atoms with E-state index in [2.05, 4.69) is 22.3 Å². The molecule has 14 nitrogen and oxygen atoms in total. The van der Waals surface area contributed by atoms with Crippen LogP contribution in [0.2, 0.25) is 10.0 Å². The first kappa shape index (κ1) is 46.4. The van der Waals surface area contributed by atoms with Gasteiger partial charge in [-0.1, -0.05) is 68.0 Å². The first-order valence-corrected chi connectivity index (χ1v) is 20.5. The van der Waals surface area contributed by atoms with Gasteiger partial charge in [0.2, 0.25) is 5.76 Å². The molecule has 0 bridgehead atoms. The van der Waals surface area contributed by atoms with Gasteiger partial charge in [-0.3, -0.25) is 9.59 Å². The number of rotatable bonds is 7. The number of carbonyl (C=O) groups is 4. The van der Waals surface area contributed by atoms with Crippen molar-refractivity contribution in [1.29, 1.82) is 0 Å². The van der Waals surface area contributed by atoms with Gasteiger partial charge in [-0.15, -0.1) is 0 Å². The summed E-state index contributed by atoms with van der Waals surface area (Å²) in [5.41, 5.74) is -5.40. The minimum absolute atomic E-state index is 0.0651. The molecule has 3 fully saturated rings. The second-order valence-electron chi connectivity index (χ2n) is 16.7. The number of hydrogen-bond donors (Lipinski definition) is 2. The van der Waals surface area contributed by atoms with E-state index in [9.17, 15) is 24.3 Å². The van der Waals surface area contributed by atoms with Crippen LogP contribution in [-0.4, -0.2) is 119 Å². The third-order valence-corrected chi connectivity index (χ3v) is 12.6. The molecule has 1 aromatic heterocycles. The lowest BCUT2D eigenvalue weighted by Gasteiger charge is -2.47. The van der Waals surface area contributed by atoms with E-state index < -0.39 is 95.3 Å². The van der Waals surface area contributed by atoms with Crippen LogP contribution < -0.4 is 5.32 Å². The molecule has 3 aliphatic rings. The van der Waals surface area contributed by atoms with Gasteiger partial charge in [-0.25, -0.2) is 14.0 Å². The van der Waals surface area contributed by atoms with Gasteiger partial charge in [0, 0.05) is 35.4 Å². The van der Waals surface area contributed by atoms with Crippen LogP contribution in [0, 0.1) is 29.6 Å².